The molecule has 13 nitrogen and oxygen atoms in total. The fraction of sp³-hybridized carbons (Fsp3) is 1.00. The summed E-state index contributed by atoms with van der Waals surface area (Å²) in [5.41, 5.74) is 0. The Morgan fingerprint density at radius 3 is 1.76 bits per heavy atom. The van der Waals surface area contributed by atoms with E-state index in [1.165, 1.54) is 0 Å². The van der Waals surface area contributed by atoms with Gasteiger partial charge in [0, 0.05) is 0 Å². The van der Waals surface area contributed by atoms with Gasteiger partial charge in [0.05, 0.1) is 13.2 Å². The lowest BCUT2D eigenvalue weighted by atomic mass is 9.99. The first-order valence-electron chi connectivity index (χ1n) is 7.05. The minimum Gasteiger partial charge on any atom is -0.412 e. The lowest BCUT2D eigenvalue weighted by Crippen LogP contribution is -2.62. The SMILES string of the molecule is O.O.OC[C@H]1OC(CO)(O[C@H]2O[C@H](CO)[C@@H](O)[C@H](O)[C@H]2O)[C@@H](O)[C@@H]1O. The molecule has 152 valence electrons. The Hall–Kier alpha value is -0.520. The van der Waals surface area contributed by atoms with Crippen LogP contribution in [0.3, 0.4) is 0 Å². The van der Waals surface area contributed by atoms with Gasteiger partial charge in [-0.2, -0.15) is 0 Å². The summed E-state index contributed by atoms with van der Waals surface area (Å²) in [7, 11) is 0. The van der Waals surface area contributed by atoms with Crippen LogP contribution in [0.2, 0.25) is 0 Å². The molecule has 2 fully saturated rings. The highest BCUT2D eigenvalue weighted by atomic mass is 16.8. The molecule has 0 aromatic rings. The molecule has 2 aliphatic rings. The van der Waals surface area contributed by atoms with Gasteiger partial charge in [0.15, 0.2) is 6.29 Å². The second-order valence-corrected chi connectivity index (χ2v) is 5.56. The molecule has 2 saturated heterocycles. The summed E-state index contributed by atoms with van der Waals surface area (Å²) < 4.78 is 15.4. The number of hydrogen-bond acceptors (Lipinski definition) is 11. The van der Waals surface area contributed by atoms with Crippen molar-refractivity contribution in [3.8, 4) is 0 Å². The van der Waals surface area contributed by atoms with Crippen molar-refractivity contribution >= 4 is 0 Å². The van der Waals surface area contributed by atoms with Crippen molar-refractivity contribution in [2.24, 2.45) is 0 Å². The van der Waals surface area contributed by atoms with E-state index in [0.717, 1.165) is 0 Å². The lowest BCUT2D eigenvalue weighted by Gasteiger charge is -2.43. The van der Waals surface area contributed by atoms with Gasteiger partial charge in [0.1, 0.15) is 49.3 Å². The molecule has 2 heterocycles. The monoisotopic (exact) mass is 378 g/mol. The number of hydrogen-bond donors (Lipinski definition) is 8. The molecule has 25 heavy (non-hydrogen) atoms. The summed E-state index contributed by atoms with van der Waals surface area (Å²) >= 11 is 0. The third-order valence-corrected chi connectivity index (χ3v) is 4.07. The van der Waals surface area contributed by atoms with E-state index in [-0.39, 0.29) is 11.0 Å². The maximum Gasteiger partial charge on any atom is 0.224 e. The number of aliphatic hydroxyl groups is 8. The first-order chi connectivity index (χ1) is 10.8. The van der Waals surface area contributed by atoms with E-state index in [4.69, 9.17) is 24.4 Å². The van der Waals surface area contributed by atoms with E-state index >= 15 is 0 Å². The Morgan fingerprint density at radius 1 is 0.760 bits per heavy atom. The molecule has 0 spiro atoms. The molecule has 0 radical (unpaired) electrons. The van der Waals surface area contributed by atoms with E-state index < -0.39 is 74.6 Å². The molecule has 0 bridgehead atoms. The number of aliphatic hydroxyl groups excluding tert-OH is 8. The average Bonchev–Trinajstić information content (AvgIpc) is 2.80. The highest BCUT2D eigenvalue weighted by Gasteiger charge is 2.58. The summed E-state index contributed by atoms with van der Waals surface area (Å²) in [6.45, 7) is -2.32. The zero-order valence-corrected chi connectivity index (χ0v) is 13.0. The van der Waals surface area contributed by atoms with Crippen molar-refractivity contribution in [2.45, 2.75) is 54.8 Å². The van der Waals surface area contributed by atoms with Crippen LogP contribution in [0, 0.1) is 0 Å². The van der Waals surface area contributed by atoms with E-state index in [1.54, 1.807) is 0 Å². The molecule has 2 aliphatic heterocycles. The Bertz CT molecular complexity index is 395. The quantitative estimate of drug-likeness (QED) is 0.223. The van der Waals surface area contributed by atoms with Gasteiger partial charge in [-0.3, -0.25) is 0 Å². The number of rotatable bonds is 5. The molecule has 13 heteroatoms. The van der Waals surface area contributed by atoms with Crippen molar-refractivity contribution < 1.29 is 66.0 Å². The van der Waals surface area contributed by atoms with Gasteiger partial charge in [0.25, 0.3) is 0 Å². The van der Waals surface area contributed by atoms with Crippen molar-refractivity contribution in [3.05, 3.63) is 0 Å². The zero-order valence-electron chi connectivity index (χ0n) is 13.0. The van der Waals surface area contributed by atoms with Crippen LogP contribution in [0.25, 0.3) is 0 Å². The Kier molecular flexibility index (Phi) is 9.23. The molecular weight excluding hydrogens is 352 g/mol. The van der Waals surface area contributed by atoms with E-state index in [2.05, 4.69) is 0 Å². The van der Waals surface area contributed by atoms with Gasteiger partial charge < -0.3 is 66.0 Å². The van der Waals surface area contributed by atoms with Crippen molar-refractivity contribution in [3.63, 3.8) is 0 Å². The third kappa shape index (κ3) is 4.25. The Labute approximate surface area is 141 Å². The van der Waals surface area contributed by atoms with Crippen LogP contribution in [-0.2, 0) is 14.2 Å². The predicted molar refractivity (Wildman–Crippen MR) is 75.9 cm³/mol. The molecule has 0 aromatic heterocycles. The second-order valence-electron chi connectivity index (χ2n) is 5.56. The van der Waals surface area contributed by atoms with Crippen molar-refractivity contribution in [1.29, 1.82) is 0 Å². The molecule has 0 amide bonds. The summed E-state index contributed by atoms with van der Waals surface area (Å²) in [6.07, 6.45) is -12.7. The highest BCUT2D eigenvalue weighted by Crippen LogP contribution is 2.35. The molecule has 0 saturated carbocycles. The summed E-state index contributed by atoms with van der Waals surface area (Å²) in [5, 5.41) is 76.7. The normalized spacial score (nSPS) is 47.0. The lowest BCUT2D eigenvalue weighted by molar-refractivity contribution is -0.383. The van der Waals surface area contributed by atoms with Gasteiger partial charge >= 0.3 is 0 Å². The van der Waals surface area contributed by atoms with Crippen molar-refractivity contribution in [2.75, 3.05) is 19.8 Å². The molecule has 2 rings (SSSR count). The van der Waals surface area contributed by atoms with Crippen LogP contribution >= 0.6 is 0 Å². The third-order valence-electron chi connectivity index (χ3n) is 4.07. The first-order valence-corrected chi connectivity index (χ1v) is 7.05. The van der Waals surface area contributed by atoms with Crippen LogP contribution in [0.4, 0.5) is 0 Å². The van der Waals surface area contributed by atoms with Crippen LogP contribution < -0.4 is 0 Å². The molecule has 0 aromatic carbocycles. The van der Waals surface area contributed by atoms with Crippen molar-refractivity contribution in [1.82, 2.24) is 0 Å². The van der Waals surface area contributed by atoms with E-state index in [0.29, 0.717) is 0 Å². The Morgan fingerprint density at radius 2 is 1.32 bits per heavy atom. The largest absolute Gasteiger partial charge is 0.412 e. The van der Waals surface area contributed by atoms with Crippen LogP contribution in [0.15, 0.2) is 0 Å². The smallest absolute Gasteiger partial charge is 0.224 e. The molecule has 0 aliphatic carbocycles. The van der Waals surface area contributed by atoms with Gasteiger partial charge in [-0.1, -0.05) is 0 Å². The topological polar surface area (TPSA) is 253 Å². The van der Waals surface area contributed by atoms with Crippen LogP contribution in [0.5, 0.6) is 0 Å². The molecule has 12 N–H and O–H groups in total. The van der Waals surface area contributed by atoms with Crippen LogP contribution in [-0.4, -0.2) is 126 Å². The Balaban J connectivity index is 0.00000288. The highest BCUT2D eigenvalue weighted by molar-refractivity contribution is 4.98. The number of ether oxygens (including phenoxy) is 3. The zero-order chi connectivity index (χ0) is 17.4. The average molecular weight is 378 g/mol. The summed E-state index contributed by atoms with van der Waals surface area (Å²) in [4.78, 5) is 0. The molecular formula is C12H26O13. The maximum absolute atomic E-state index is 10.00. The van der Waals surface area contributed by atoms with Gasteiger partial charge in [0.2, 0.25) is 5.79 Å². The van der Waals surface area contributed by atoms with Crippen LogP contribution in [0.1, 0.15) is 0 Å². The van der Waals surface area contributed by atoms with E-state index in [9.17, 15) is 30.6 Å². The fourth-order valence-electron chi connectivity index (χ4n) is 2.63. The first kappa shape index (κ1) is 24.5. The van der Waals surface area contributed by atoms with Gasteiger partial charge in [-0.15, -0.1) is 0 Å². The molecule has 9 atom stereocenters. The standard InChI is InChI=1S/C12H22O11.2H2O/c13-1-4-6(16)8(18)9(19)11(21-4)23-12(3-15)10(20)7(17)5(2-14)22-12;;/h4-11,13-20H,1-3H2;2*1H2/t4-,5-,6-,7-,8+,9-,10+,11-,12?;;/m1../s1. The van der Waals surface area contributed by atoms with E-state index in [1.807, 2.05) is 0 Å². The summed E-state index contributed by atoms with van der Waals surface area (Å²) in [5.74, 6) is -2.22. The summed E-state index contributed by atoms with van der Waals surface area (Å²) in [6, 6.07) is 0. The minimum absolute atomic E-state index is 0. The predicted octanol–water partition coefficient (Wildman–Crippen LogP) is -7.04. The molecule has 1 unspecified atom stereocenters. The maximum atomic E-state index is 10.00. The van der Waals surface area contributed by atoms with Gasteiger partial charge in [-0.05, 0) is 0 Å². The minimum atomic E-state index is -2.22. The second kappa shape index (κ2) is 9.43. The van der Waals surface area contributed by atoms with Gasteiger partial charge in [-0.25, -0.2) is 0 Å². The fourth-order valence-corrected chi connectivity index (χ4v) is 2.63.